The van der Waals surface area contributed by atoms with Gasteiger partial charge in [0.25, 0.3) is 0 Å². The first-order chi connectivity index (χ1) is 9.61. The van der Waals surface area contributed by atoms with Crippen LogP contribution < -0.4 is 4.74 Å². The van der Waals surface area contributed by atoms with Crippen molar-refractivity contribution in [2.24, 2.45) is 0 Å². The fourth-order valence-corrected chi connectivity index (χ4v) is 2.04. The molecule has 2 rings (SSSR count). The van der Waals surface area contributed by atoms with Gasteiger partial charge in [-0.15, -0.1) is 0 Å². The van der Waals surface area contributed by atoms with E-state index in [2.05, 4.69) is 0 Å². The summed E-state index contributed by atoms with van der Waals surface area (Å²) >= 11 is 5.88. The van der Waals surface area contributed by atoms with Crippen LogP contribution in [0.1, 0.15) is 27.1 Å². The molecule has 0 saturated heterocycles. The summed E-state index contributed by atoms with van der Waals surface area (Å²) in [5.74, 6) is -0.115. The highest BCUT2D eigenvalue weighted by atomic mass is 35.5. The summed E-state index contributed by atoms with van der Waals surface area (Å²) in [5, 5.41) is 0.432. The molecule has 0 saturated carbocycles. The van der Waals surface area contributed by atoms with E-state index < -0.39 is 0 Å². The topological polar surface area (TPSA) is 43.4 Å². The molecule has 0 aromatic heterocycles. The molecule has 102 valence electrons. The van der Waals surface area contributed by atoms with Gasteiger partial charge in [-0.1, -0.05) is 41.9 Å². The molecule has 0 bridgehead atoms. The Morgan fingerprint density at radius 1 is 1.05 bits per heavy atom. The van der Waals surface area contributed by atoms with Crippen LogP contribution in [0.4, 0.5) is 0 Å². The molecule has 4 heteroatoms. The van der Waals surface area contributed by atoms with Crippen molar-refractivity contribution in [2.75, 3.05) is 7.11 Å². The maximum atomic E-state index is 12.2. The van der Waals surface area contributed by atoms with E-state index in [0.717, 1.165) is 0 Å². The molecule has 20 heavy (non-hydrogen) atoms. The normalized spacial score (nSPS) is 10.1. The van der Waals surface area contributed by atoms with Crippen LogP contribution in [0, 0.1) is 0 Å². The van der Waals surface area contributed by atoms with E-state index in [-0.39, 0.29) is 18.0 Å². The van der Waals surface area contributed by atoms with Gasteiger partial charge in [0.05, 0.1) is 19.1 Å². The van der Waals surface area contributed by atoms with E-state index in [1.54, 1.807) is 36.4 Å². The fourth-order valence-electron chi connectivity index (χ4n) is 1.87. The van der Waals surface area contributed by atoms with Gasteiger partial charge in [0.15, 0.2) is 11.6 Å². The molecule has 0 spiro atoms. The maximum Gasteiger partial charge on any atom is 0.174 e. The molecule has 0 atom stereocenters. The Bertz CT molecular complexity index is 635. The molecule has 3 nitrogen and oxygen atoms in total. The minimum absolute atomic E-state index is 0.208. The van der Waals surface area contributed by atoms with E-state index in [0.29, 0.717) is 21.9 Å². The minimum Gasteiger partial charge on any atom is -0.496 e. The average molecular weight is 289 g/mol. The maximum absolute atomic E-state index is 12.2. The lowest BCUT2D eigenvalue weighted by molar-refractivity contribution is 0.0893. The van der Waals surface area contributed by atoms with Crippen molar-refractivity contribution >= 4 is 23.2 Å². The van der Waals surface area contributed by atoms with Gasteiger partial charge in [0.1, 0.15) is 5.75 Å². The number of carbonyl (C=O) groups excluding carboxylic acids is 2. The lowest BCUT2D eigenvalue weighted by Gasteiger charge is -2.07. The zero-order valence-electron chi connectivity index (χ0n) is 10.9. The van der Waals surface area contributed by atoms with Gasteiger partial charge in [-0.3, -0.25) is 9.59 Å². The number of hydrogen-bond donors (Lipinski definition) is 0. The van der Waals surface area contributed by atoms with Crippen LogP contribution in [-0.4, -0.2) is 18.7 Å². The number of halogens is 1. The molecular formula is C16H13ClO3. The number of carbonyl (C=O) groups is 2. The summed E-state index contributed by atoms with van der Waals surface area (Å²) in [6.45, 7) is 0. The molecule has 0 amide bonds. The van der Waals surface area contributed by atoms with Crippen molar-refractivity contribution in [3.63, 3.8) is 0 Å². The number of benzene rings is 2. The van der Waals surface area contributed by atoms with Crippen molar-refractivity contribution in [1.82, 2.24) is 0 Å². The number of ketones is 2. The Morgan fingerprint density at radius 2 is 1.75 bits per heavy atom. The van der Waals surface area contributed by atoms with E-state index in [4.69, 9.17) is 16.3 Å². The number of rotatable bonds is 5. The first-order valence-corrected chi connectivity index (χ1v) is 6.44. The third-order valence-corrected chi connectivity index (χ3v) is 3.11. The lowest BCUT2D eigenvalue weighted by Crippen LogP contribution is -2.09. The van der Waals surface area contributed by atoms with Gasteiger partial charge in [0, 0.05) is 10.6 Å². The highest BCUT2D eigenvalue weighted by molar-refractivity contribution is 6.31. The second-order valence-electron chi connectivity index (χ2n) is 4.23. The zero-order chi connectivity index (χ0) is 14.5. The zero-order valence-corrected chi connectivity index (χ0v) is 11.7. The largest absolute Gasteiger partial charge is 0.496 e. The Morgan fingerprint density at radius 3 is 2.40 bits per heavy atom. The van der Waals surface area contributed by atoms with Crippen molar-refractivity contribution in [3.8, 4) is 5.75 Å². The number of Topliss-reactive ketones (excluding diaryl/α,β-unsaturated/α-hetero) is 2. The molecule has 0 aliphatic heterocycles. The van der Waals surface area contributed by atoms with E-state index in [9.17, 15) is 9.59 Å². The second kappa shape index (κ2) is 6.35. The highest BCUT2D eigenvalue weighted by Crippen LogP contribution is 2.24. The third-order valence-electron chi connectivity index (χ3n) is 2.88. The molecule has 0 unspecified atom stereocenters. The van der Waals surface area contributed by atoms with Crippen LogP contribution in [0.15, 0.2) is 48.5 Å². The fraction of sp³-hybridized carbons (Fsp3) is 0.125. The first-order valence-electron chi connectivity index (χ1n) is 6.07. The van der Waals surface area contributed by atoms with Crippen molar-refractivity contribution < 1.29 is 14.3 Å². The Hall–Kier alpha value is -2.13. The molecular weight excluding hydrogens is 276 g/mol. The molecule has 0 N–H and O–H groups in total. The average Bonchev–Trinajstić information content (AvgIpc) is 2.48. The number of hydrogen-bond acceptors (Lipinski definition) is 3. The predicted octanol–water partition coefficient (Wildman–Crippen LogP) is 3.80. The lowest BCUT2D eigenvalue weighted by atomic mass is 10.0. The van der Waals surface area contributed by atoms with Crippen molar-refractivity contribution in [3.05, 3.63) is 64.7 Å². The summed E-state index contributed by atoms with van der Waals surface area (Å²) in [6.07, 6.45) is -0.208. The van der Waals surface area contributed by atoms with Crippen LogP contribution in [0.2, 0.25) is 5.02 Å². The molecule has 2 aromatic carbocycles. The minimum atomic E-state index is -0.307. The van der Waals surface area contributed by atoms with Crippen molar-refractivity contribution in [1.29, 1.82) is 0 Å². The quantitative estimate of drug-likeness (QED) is 0.621. The van der Waals surface area contributed by atoms with E-state index in [1.807, 2.05) is 6.07 Å². The van der Waals surface area contributed by atoms with Crippen LogP contribution in [0.25, 0.3) is 0 Å². The van der Waals surface area contributed by atoms with Crippen molar-refractivity contribution in [2.45, 2.75) is 6.42 Å². The number of ether oxygens (including phenoxy) is 1. The standard InChI is InChI=1S/C16H13ClO3/c1-20-16-8-7-12(17)9-13(16)15(19)10-14(18)11-5-3-2-4-6-11/h2-9H,10H2,1H3. The summed E-state index contributed by atoms with van der Waals surface area (Å²) < 4.78 is 5.12. The third kappa shape index (κ3) is 3.25. The number of methoxy groups -OCH3 is 1. The van der Waals surface area contributed by atoms with E-state index >= 15 is 0 Å². The van der Waals surface area contributed by atoms with Gasteiger partial charge in [0.2, 0.25) is 0 Å². The monoisotopic (exact) mass is 288 g/mol. The second-order valence-corrected chi connectivity index (χ2v) is 4.67. The van der Waals surface area contributed by atoms with Gasteiger partial charge in [-0.2, -0.15) is 0 Å². The molecule has 0 aliphatic rings. The summed E-state index contributed by atoms with van der Waals surface area (Å²) in [6, 6.07) is 13.5. The highest BCUT2D eigenvalue weighted by Gasteiger charge is 2.17. The SMILES string of the molecule is COc1ccc(Cl)cc1C(=O)CC(=O)c1ccccc1. The summed E-state index contributed by atoms with van der Waals surface area (Å²) in [5.41, 5.74) is 0.839. The van der Waals surface area contributed by atoms with Crippen LogP contribution in [-0.2, 0) is 0 Å². The van der Waals surface area contributed by atoms with Crippen LogP contribution >= 0.6 is 11.6 Å². The van der Waals surface area contributed by atoms with Gasteiger partial charge >= 0.3 is 0 Å². The van der Waals surface area contributed by atoms with Gasteiger partial charge in [-0.05, 0) is 18.2 Å². The summed E-state index contributed by atoms with van der Waals surface area (Å²) in [4.78, 5) is 24.2. The van der Waals surface area contributed by atoms with Gasteiger partial charge in [-0.25, -0.2) is 0 Å². The van der Waals surface area contributed by atoms with Gasteiger partial charge < -0.3 is 4.74 Å². The predicted molar refractivity (Wildman–Crippen MR) is 77.7 cm³/mol. The van der Waals surface area contributed by atoms with E-state index in [1.165, 1.54) is 13.2 Å². The Labute approximate surface area is 122 Å². The smallest absolute Gasteiger partial charge is 0.174 e. The van der Waals surface area contributed by atoms with Crippen LogP contribution in [0.3, 0.4) is 0 Å². The summed E-state index contributed by atoms with van der Waals surface area (Å²) in [7, 11) is 1.47. The molecule has 0 aliphatic carbocycles. The molecule has 0 fully saturated rings. The molecule has 0 heterocycles. The first kappa shape index (κ1) is 14.3. The Kier molecular flexibility index (Phi) is 4.53. The Balaban J connectivity index is 2.21. The molecule has 0 radical (unpaired) electrons. The molecule has 2 aromatic rings. The van der Waals surface area contributed by atoms with Crippen LogP contribution in [0.5, 0.6) is 5.75 Å².